The van der Waals surface area contributed by atoms with Gasteiger partial charge in [-0.2, -0.15) is 0 Å². The first-order valence-electron chi connectivity index (χ1n) is 5.52. The van der Waals surface area contributed by atoms with Crippen LogP contribution in [0.3, 0.4) is 0 Å². The van der Waals surface area contributed by atoms with E-state index < -0.39 is 0 Å². The second kappa shape index (κ2) is 4.06. The molecule has 17 heavy (non-hydrogen) atoms. The fourth-order valence-electron chi connectivity index (χ4n) is 1.98. The minimum atomic E-state index is -0.212. The van der Waals surface area contributed by atoms with Gasteiger partial charge in [0.2, 0.25) is 0 Å². The van der Waals surface area contributed by atoms with E-state index in [2.05, 4.69) is 0 Å². The largest absolute Gasteiger partial charge is 0.488 e. The van der Waals surface area contributed by atoms with Crippen molar-refractivity contribution in [2.45, 2.75) is 6.61 Å². The Labute approximate surface area is 99.2 Å². The van der Waals surface area contributed by atoms with E-state index in [1.165, 1.54) is 6.08 Å². The first-order chi connectivity index (χ1) is 8.34. The Kier molecular flexibility index (Phi) is 2.41. The molecule has 0 saturated carbocycles. The Morgan fingerprint density at radius 2 is 1.71 bits per heavy atom. The van der Waals surface area contributed by atoms with Gasteiger partial charge in [-0.25, -0.2) is 4.39 Å². The molecule has 2 heteroatoms. The molecular formula is C15H11FO. The van der Waals surface area contributed by atoms with Gasteiger partial charge >= 0.3 is 0 Å². The number of ether oxygens (including phenoxy) is 1. The van der Waals surface area contributed by atoms with Gasteiger partial charge < -0.3 is 4.74 Å². The van der Waals surface area contributed by atoms with Crippen molar-refractivity contribution in [2.75, 3.05) is 0 Å². The molecule has 1 nitrogen and oxygen atoms in total. The molecule has 1 aliphatic rings. The molecule has 0 aliphatic carbocycles. The van der Waals surface area contributed by atoms with Crippen molar-refractivity contribution >= 4 is 11.9 Å². The maximum Gasteiger partial charge on any atom is 0.131 e. The lowest BCUT2D eigenvalue weighted by Gasteiger charge is -2.15. The first-order valence-corrected chi connectivity index (χ1v) is 5.52. The molecule has 0 aromatic heterocycles. The van der Waals surface area contributed by atoms with Gasteiger partial charge in [0, 0.05) is 11.1 Å². The number of benzene rings is 2. The van der Waals surface area contributed by atoms with Gasteiger partial charge in [-0.05, 0) is 17.7 Å². The molecule has 0 unspecified atom stereocenters. The third kappa shape index (κ3) is 1.82. The Morgan fingerprint density at radius 1 is 0.941 bits per heavy atom. The quantitative estimate of drug-likeness (QED) is 0.658. The maximum absolute atomic E-state index is 14.1. The lowest BCUT2D eigenvalue weighted by Crippen LogP contribution is -2.02. The standard InChI is InChI=1S/C15H11FO/c16-14-9-11-5-2-4-8-15(11)17-10-12-6-1-3-7-13(12)14/h1-9H,10H2/b14-9+. The molecule has 0 N–H and O–H groups in total. The van der Waals surface area contributed by atoms with Gasteiger partial charge in [0.15, 0.2) is 0 Å². The van der Waals surface area contributed by atoms with E-state index in [0.717, 1.165) is 16.9 Å². The second-order valence-electron chi connectivity index (χ2n) is 3.98. The zero-order valence-corrected chi connectivity index (χ0v) is 9.19. The molecule has 0 spiro atoms. The minimum absolute atomic E-state index is 0.212. The van der Waals surface area contributed by atoms with Gasteiger partial charge in [0.1, 0.15) is 18.2 Å². The van der Waals surface area contributed by atoms with E-state index in [0.29, 0.717) is 12.2 Å². The summed E-state index contributed by atoms with van der Waals surface area (Å²) in [5.74, 6) is 0.508. The number of halogens is 1. The van der Waals surface area contributed by atoms with Crippen LogP contribution in [0.15, 0.2) is 48.5 Å². The Hall–Kier alpha value is -2.09. The van der Waals surface area contributed by atoms with Crippen molar-refractivity contribution < 1.29 is 9.13 Å². The average molecular weight is 226 g/mol. The van der Waals surface area contributed by atoms with E-state index in [9.17, 15) is 4.39 Å². The predicted octanol–water partition coefficient (Wildman–Crippen LogP) is 4.05. The molecule has 0 bridgehead atoms. The highest BCUT2D eigenvalue weighted by atomic mass is 19.1. The fourth-order valence-corrected chi connectivity index (χ4v) is 1.98. The summed E-state index contributed by atoms with van der Waals surface area (Å²) < 4.78 is 19.8. The molecule has 1 heterocycles. The van der Waals surface area contributed by atoms with Crippen LogP contribution >= 0.6 is 0 Å². The summed E-state index contributed by atoms with van der Waals surface area (Å²) in [6.45, 7) is 0.397. The van der Waals surface area contributed by atoms with Crippen molar-refractivity contribution in [3.63, 3.8) is 0 Å². The van der Waals surface area contributed by atoms with Crippen molar-refractivity contribution in [3.8, 4) is 5.75 Å². The zero-order chi connectivity index (χ0) is 11.7. The highest BCUT2D eigenvalue weighted by Crippen LogP contribution is 2.30. The summed E-state index contributed by atoms with van der Waals surface area (Å²) in [5.41, 5.74) is 2.26. The van der Waals surface area contributed by atoms with Crippen molar-refractivity contribution in [1.82, 2.24) is 0 Å². The highest BCUT2D eigenvalue weighted by Gasteiger charge is 2.12. The predicted molar refractivity (Wildman–Crippen MR) is 66.2 cm³/mol. The van der Waals surface area contributed by atoms with Crippen LogP contribution in [0.25, 0.3) is 11.9 Å². The average Bonchev–Trinajstić information content (AvgIpc) is 2.36. The third-order valence-corrected chi connectivity index (χ3v) is 2.86. The Morgan fingerprint density at radius 3 is 2.65 bits per heavy atom. The molecule has 0 atom stereocenters. The summed E-state index contributed by atoms with van der Waals surface area (Å²) in [7, 11) is 0. The lowest BCUT2D eigenvalue weighted by atomic mass is 10.0. The number of hydrogen-bond acceptors (Lipinski definition) is 1. The van der Waals surface area contributed by atoms with Gasteiger partial charge in [0.25, 0.3) is 0 Å². The van der Waals surface area contributed by atoms with Crippen molar-refractivity contribution in [2.24, 2.45) is 0 Å². The summed E-state index contributed by atoms with van der Waals surface area (Å²) in [6, 6.07) is 14.9. The summed E-state index contributed by atoms with van der Waals surface area (Å²) in [4.78, 5) is 0. The molecule has 1 aliphatic heterocycles. The molecule has 84 valence electrons. The zero-order valence-electron chi connectivity index (χ0n) is 9.19. The number of hydrogen-bond donors (Lipinski definition) is 0. The number of para-hydroxylation sites is 1. The van der Waals surface area contributed by atoms with E-state index in [4.69, 9.17) is 4.74 Å². The maximum atomic E-state index is 14.1. The van der Waals surface area contributed by atoms with E-state index in [1.807, 2.05) is 42.5 Å². The number of fused-ring (bicyclic) bond motifs is 2. The SMILES string of the molecule is F/C1=C/c2ccccc2OCc2ccccc21. The fraction of sp³-hybridized carbons (Fsp3) is 0.0667. The molecular weight excluding hydrogens is 215 g/mol. The van der Waals surface area contributed by atoms with Crippen LogP contribution in [0.5, 0.6) is 5.75 Å². The van der Waals surface area contributed by atoms with E-state index in [1.54, 1.807) is 6.07 Å². The molecule has 2 aromatic rings. The van der Waals surface area contributed by atoms with Gasteiger partial charge in [0.05, 0.1) is 0 Å². The molecule has 3 rings (SSSR count). The Bertz CT molecular complexity index is 587. The van der Waals surface area contributed by atoms with Crippen molar-refractivity contribution in [3.05, 3.63) is 65.2 Å². The molecule has 0 radical (unpaired) electrons. The monoisotopic (exact) mass is 226 g/mol. The smallest absolute Gasteiger partial charge is 0.131 e. The van der Waals surface area contributed by atoms with Gasteiger partial charge in [-0.1, -0.05) is 42.5 Å². The summed E-state index contributed by atoms with van der Waals surface area (Å²) >= 11 is 0. The first kappa shape index (κ1) is 10.1. The van der Waals surface area contributed by atoms with Crippen LogP contribution in [0.2, 0.25) is 0 Å². The van der Waals surface area contributed by atoms with Crippen LogP contribution in [0, 0.1) is 0 Å². The van der Waals surface area contributed by atoms with Crippen LogP contribution < -0.4 is 4.74 Å². The number of rotatable bonds is 0. The topological polar surface area (TPSA) is 9.23 Å². The van der Waals surface area contributed by atoms with Crippen molar-refractivity contribution in [1.29, 1.82) is 0 Å². The summed E-state index contributed by atoms with van der Waals surface area (Å²) in [6.07, 6.45) is 1.52. The summed E-state index contributed by atoms with van der Waals surface area (Å²) in [5, 5.41) is 0. The van der Waals surface area contributed by atoms with E-state index in [-0.39, 0.29) is 5.83 Å². The van der Waals surface area contributed by atoms with Crippen LogP contribution in [-0.4, -0.2) is 0 Å². The molecule has 0 saturated heterocycles. The van der Waals surface area contributed by atoms with E-state index >= 15 is 0 Å². The highest BCUT2D eigenvalue weighted by molar-refractivity contribution is 5.80. The van der Waals surface area contributed by atoms with Gasteiger partial charge in [-0.15, -0.1) is 0 Å². The normalized spacial score (nSPS) is 16.6. The molecule has 0 fully saturated rings. The molecule has 2 aromatic carbocycles. The van der Waals surface area contributed by atoms with Gasteiger partial charge in [-0.3, -0.25) is 0 Å². The van der Waals surface area contributed by atoms with Crippen LogP contribution in [0.4, 0.5) is 4.39 Å². The Balaban J connectivity index is 2.18. The minimum Gasteiger partial charge on any atom is -0.488 e. The van der Waals surface area contributed by atoms with Crippen LogP contribution in [0.1, 0.15) is 16.7 Å². The van der Waals surface area contributed by atoms with Crippen LogP contribution in [-0.2, 0) is 6.61 Å². The second-order valence-corrected chi connectivity index (χ2v) is 3.98. The third-order valence-electron chi connectivity index (χ3n) is 2.86. The molecule has 0 amide bonds. The lowest BCUT2D eigenvalue weighted by molar-refractivity contribution is 0.304.